The van der Waals surface area contributed by atoms with E-state index in [-0.39, 0.29) is 6.04 Å². The van der Waals surface area contributed by atoms with Gasteiger partial charge in [-0.15, -0.1) is 0 Å². The van der Waals surface area contributed by atoms with Crippen molar-refractivity contribution in [3.05, 3.63) is 66.0 Å². The molecule has 0 radical (unpaired) electrons. The van der Waals surface area contributed by atoms with Gasteiger partial charge in [-0.25, -0.2) is 4.98 Å². The first-order valence-electron chi connectivity index (χ1n) is 6.52. The van der Waals surface area contributed by atoms with Crippen molar-refractivity contribution in [2.24, 2.45) is 5.73 Å². The molecule has 0 aliphatic carbocycles. The number of nitrogens with zero attached hydrogens (tertiary/aromatic N) is 2. The normalized spacial score (nSPS) is 12.7. The van der Waals surface area contributed by atoms with E-state index in [9.17, 15) is 0 Å². The Bertz CT molecular complexity index is 686. The van der Waals surface area contributed by atoms with Crippen molar-refractivity contribution in [1.82, 2.24) is 9.55 Å². The quantitative estimate of drug-likeness (QED) is 0.777. The van der Waals surface area contributed by atoms with Crippen molar-refractivity contribution >= 4 is 11.0 Å². The molecule has 0 amide bonds. The Morgan fingerprint density at radius 2 is 1.74 bits per heavy atom. The topological polar surface area (TPSA) is 43.8 Å². The Balaban J connectivity index is 2.18. The van der Waals surface area contributed by atoms with E-state index in [4.69, 9.17) is 5.73 Å². The van der Waals surface area contributed by atoms with Gasteiger partial charge < -0.3 is 10.3 Å². The van der Waals surface area contributed by atoms with Gasteiger partial charge in [-0.1, -0.05) is 42.5 Å². The molecular weight excluding hydrogens is 234 g/mol. The number of imidazole rings is 1. The van der Waals surface area contributed by atoms with Crippen molar-refractivity contribution in [2.45, 2.75) is 19.5 Å². The molecule has 0 bridgehead atoms. The number of rotatable bonds is 3. The zero-order valence-corrected chi connectivity index (χ0v) is 11.0. The third-order valence-electron chi connectivity index (χ3n) is 3.52. The van der Waals surface area contributed by atoms with Gasteiger partial charge in [0.1, 0.15) is 5.82 Å². The second-order valence-corrected chi connectivity index (χ2v) is 4.68. The van der Waals surface area contributed by atoms with Crippen molar-refractivity contribution in [2.75, 3.05) is 0 Å². The van der Waals surface area contributed by atoms with Crippen molar-refractivity contribution in [3.63, 3.8) is 0 Å². The highest BCUT2D eigenvalue weighted by Crippen LogP contribution is 2.25. The number of para-hydroxylation sites is 2. The van der Waals surface area contributed by atoms with E-state index >= 15 is 0 Å². The Labute approximate surface area is 112 Å². The summed E-state index contributed by atoms with van der Waals surface area (Å²) in [6.45, 7) is 2.63. The van der Waals surface area contributed by atoms with E-state index < -0.39 is 0 Å². The predicted octanol–water partition coefficient (Wildman–Crippen LogP) is 3.10. The fraction of sp³-hybridized carbons (Fsp3) is 0.188. The summed E-state index contributed by atoms with van der Waals surface area (Å²) < 4.78 is 2.23. The van der Waals surface area contributed by atoms with Crippen molar-refractivity contribution in [1.29, 1.82) is 0 Å². The lowest BCUT2D eigenvalue weighted by molar-refractivity contribution is 0.619. The van der Waals surface area contributed by atoms with E-state index in [1.54, 1.807) is 0 Å². The second-order valence-electron chi connectivity index (χ2n) is 4.68. The lowest BCUT2D eigenvalue weighted by atomic mass is 10.1. The Kier molecular flexibility index (Phi) is 3.05. The maximum atomic E-state index is 5.85. The van der Waals surface area contributed by atoms with Gasteiger partial charge >= 0.3 is 0 Å². The summed E-state index contributed by atoms with van der Waals surface area (Å²) in [7, 11) is 0. The number of hydrogen-bond acceptors (Lipinski definition) is 2. The smallest absolute Gasteiger partial charge is 0.124 e. The zero-order valence-electron chi connectivity index (χ0n) is 11.0. The molecule has 2 N–H and O–H groups in total. The molecule has 3 nitrogen and oxygen atoms in total. The summed E-state index contributed by atoms with van der Waals surface area (Å²) in [5, 5.41) is 0. The molecular formula is C16H17N3. The lowest BCUT2D eigenvalue weighted by Crippen LogP contribution is -2.13. The van der Waals surface area contributed by atoms with E-state index in [1.807, 2.05) is 24.3 Å². The number of aromatic nitrogens is 2. The third-order valence-corrected chi connectivity index (χ3v) is 3.52. The van der Waals surface area contributed by atoms with Gasteiger partial charge in [0.25, 0.3) is 0 Å². The molecule has 96 valence electrons. The minimum Gasteiger partial charge on any atom is -0.324 e. The van der Waals surface area contributed by atoms with Crippen LogP contribution >= 0.6 is 0 Å². The van der Waals surface area contributed by atoms with Crippen molar-refractivity contribution < 1.29 is 0 Å². The Morgan fingerprint density at radius 3 is 2.47 bits per heavy atom. The highest BCUT2D eigenvalue weighted by molar-refractivity contribution is 5.76. The molecule has 0 fully saturated rings. The summed E-state index contributed by atoms with van der Waals surface area (Å²) in [6.07, 6.45) is 0. The Morgan fingerprint density at radius 1 is 1.05 bits per heavy atom. The maximum absolute atomic E-state index is 5.85. The summed E-state index contributed by atoms with van der Waals surface area (Å²) in [4.78, 5) is 4.62. The van der Waals surface area contributed by atoms with Crippen LogP contribution in [-0.2, 0) is 6.54 Å². The largest absolute Gasteiger partial charge is 0.324 e. The zero-order chi connectivity index (χ0) is 13.2. The second kappa shape index (κ2) is 4.86. The van der Waals surface area contributed by atoms with Crippen LogP contribution in [0.1, 0.15) is 24.4 Å². The van der Waals surface area contributed by atoms with E-state index in [2.05, 4.69) is 46.8 Å². The molecule has 1 heterocycles. The monoisotopic (exact) mass is 251 g/mol. The van der Waals surface area contributed by atoms with Crippen LogP contribution in [0.3, 0.4) is 0 Å². The lowest BCUT2D eigenvalue weighted by Gasteiger charge is -2.17. The standard InChI is InChI=1S/C16H17N3/c1-12(13-7-3-2-4-8-13)19-15-10-6-5-9-14(15)18-16(19)11-17/h2-10,12H,11,17H2,1H3. The van der Waals surface area contributed by atoms with Crippen LogP contribution in [0.5, 0.6) is 0 Å². The van der Waals surface area contributed by atoms with Gasteiger partial charge in [-0.3, -0.25) is 0 Å². The first kappa shape index (κ1) is 11.9. The Hall–Kier alpha value is -2.13. The highest BCUT2D eigenvalue weighted by Gasteiger charge is 2.15. The van der Waals surface area contributed by atoms with Gasteiger partial charge in [-0.2, -0.15) is 0 Å². The molecule has 0 saturated carbocycles. The van der Waals surface area contributed by atoms with Gasteiger partial charge in [0, 0.05) is 0 Å². The molecule has 1 atom stereocenters. The van der Waals surface area contributed by atoms with Gasteiger partial charge in [0.2, 0.25) is 0 Å². The average molecular weight is 251 g/mol. The minimum atomic E-state index is 0.229. The number of benzene rings is 2. The number of fused-ring (bicyclic) bond motifs is 1. The molecule has 1 unspecified atom stereocenters. The summed E-state index contributed by atoms with van der Waals surface area (Å²) in [5.74, 6) is 0.928. The van der Waals surface area contributed by atoms with E-state index in [0.29, 0.717) is 6.54 Å². The molecule has 19 heavy (non-hydrogen) atoms. The van der Waals surface area contributed by atoms with Crippen LogP contribution in [0.25, 0.3) is 11.0 Å². The van der Waals surface area contributed by atoms with E-state index in [0.717, 1.165) is 16.9 Å². The van der Waals surface area contributed by atoms with Crippen LogP contribution in [0.4, 0.5) is 0 Å². The maximum Gasteiger partial charge on any atom is 0.124 e. The minimum absolute atomic E-state index is 0.229. The average Bonchev–Trinajstić information content (AvgIpc) is 2.86. The summed E-state index contributed by atoms with van der Waals surface area (Å²) in [5.41, 5.74) is 9.25. The van der Waals surface area contributed by atoms with Crippen LogP contribution in [0.15, 0.2) is 54.6 Å². The molecule has 0 aliphatic heterocycles. The first-order valence-corrected chi connectivity index (χ1v) is 6.52. The molecule has 1 aromatic heterocycles. The molecule has 0 saturated heterocycles. The number of nitrogens with two attached hydrogens (primary N) is 1. The molecule has 2 aromatic carbocycles. The van der Waals surface area contributed by atoms with Crippen LogP contribution in [0.2, 0.25) is 0 Å². The van der Waals surface area contributed by atoms with Crippen LogP contribution < -0.4 is 5.73 Å². The molecule has 3 heteroatoms. The fourth-order valence-electron chi connectivity index (χ4n) is 2.55. The molecule has 3 aromatic rings. The van der Waals surface area contributed by atoms with Gasteiger partial charge in [0.05, 0.1) is 23.6 Å². The number of hydrogen-bond donors (Lipinski definition) is 1. The van der Waals surface area contributed by atoms with Gasteiger partial charge in [0.15, 0.2) is 0 Å². The fourth-order valence-corrected chi connectivity index (χ4v) is 2.55. The molecule has 0 aliphatic rings. The summed E-state index contributed by atoms with van der Waals surface area (Å²) >= 11 is 0. The first-order chi connectivity index (χ1) is 9.31. The van der Waals surface area contributed by atoms with Gasteiger partial charge in [-0.05, 0) is 24.6 Å². The SMILES string of the molecule is CC(c1ccccc1)n1c(CN)nc2ccccc21. The predicted molar refractivity (Wildman–Crippen MR) is 77.9 cm³/mol. The van der Waals surface area contributed by atoms with Crippen LogP contribution in [0, 0.1) is 0 Å². The molecule has 0 spiro atoms. The van der Waals surface area contributed by atoms with Crippen LogP contribution in [-0.4, -0.2) is 9.55 Å². The van der Waals surface area contributed by atoms with Crippen molar-refractivity contribution in [3.8, 4) is 0 Å². The summed E-state index contributed by atoms with van der Waals surface area (Å²) in [6, 6.07) is 18.8. The van der Waals surface area contributed by atoms with E-state index in [1.165, 1.54) is 5.56 Å². The third kappa shape index (κ3) is 2.02. The highest BCUT2D eigenvalue weighted by atomic mass is 15.1. The molecule has 3 rings (SSSR count).